The van der Waals surface area contributed by atoms with Crippen LogP contribution < -0.4 is 5.32 Å². The van der Waals surface area contributed by atoms with Crippen LogP contribution in [0.25, 0.3) is 10.2 Å². The van der Waals surface area contributed by atoms with Gasteiger partial charge >= 0.3 is 0 Å². The molecule has 1 aromatic carbocycles. The molecule has 1 N–H and O–H groups in total. The van der Waals surface area contributed by atoms with E-state index in [9.17, 15) is 0 Å². The molecule has 0 spiro atoms. The van der Waals surface area contributed by atoms with Gasteiger partial charge in [-0.3, -0.25) is 0 Å². The van der Waals surface area contributed by atoms with Gasteiger partial charge in [0.15, 0.2) is 5.13 Å². The minimum absolute atomic E-state index is 0.768. The van der Waals surface area contributed by atoms with Crippen molar-refractivity contribution in [2.45, 2.75) is 19.8 Å². The van der Waals surface area contributed by atoms with Crippen LogP contribution in [0.4, 0.5) is 5.13 Å². The molecule has 3 nitrogen and oxygen atoms in total. The van der Waals surface area contributed by atoms with Gasteiger partial charge in [0.25, 0.3) is 0 Å². The minimum Gasteiger partial charge on any atom is -0.381 e. The van der Waals surface area contributed by atoms with E-state index in [1.54, 1.807) is 11.3 Å². The number of nitrogens with zero attached hydrogens (tertiary/aromatic N) is 1. The third-order valence-electron chi connectivity index (χ3n) is 2.46. The number of nitrogens with one attached hydrogen (secondary N) is 1. The molecule has 0 saturated carbocycles. The molecule has 2 aromatic rings. The Morgan fingerprint density at radius 1 is 1.39 bits per heavy atom. The Kier molecular flexibility index (Phi) is 5.23. The summed E-state index contributed by atoms with van der Waals surface area (Å²) in [5.41, 5.74) is 0.956. The molecule has 0 radical (unpaired) electrons. The second-order valence-electron chi connectivity index (χ2n) is 4.00. The number of thiazole rings is 1. The van der Waals surface area contributed by atoms with Gasteiger partial charge in [0, 0.05) is 19.8 Å². The van der Waals surface area contributed by atoms with Crippen molar-refractivity contribution >= 4 is 38.3 Å². The van der Waals surface area contributed by atoms with E-state index in [0.717, 1.165) is 53.0 Å². The predicted octanol–water partition coefficient (Wildman–Crippen LogP) is 4.18. The van der Waals surface area contributed by atoms with E-state index >= 15 is 0 Å². The van der Waals surface area contributed by atoms with E-state index < -0.39 is 0 Å². The average Bonchev–Trinajstić information content (AvgIpc) is 2.78. The molecule has 0 aliphatic rings. The van der Waals surface area contributed by atoms with Crippen molar-refractivity contribution in [3.8, 4) is 0 Å². The summed E-state index contributed by atoms with van der Waals surface area (Å²) in [6.07, 6.45) is 2.06. The van der Waals surface area contributed by atoms with Crippen molar-refractivity contribution in [1.29, 1.82) is 0 Å². The Labute approximate surface area is 116 Å². The molecule has 0 unspecified atom stereocenters. The van der Waals surface area contributed by atoms with Crippen LogP contribution in [0.2, 0.25) is 5.02 Å². The van der Waals surface area contributed by atoms with E-state index in [4.69, 9.17) is 16.3 Å². The first-order valence-electron chi connectivity index (χ1n) is 6.18. The van der Waals surface area contributed by atoms with Gasteiger partial charge < -0.3 is 10.1 Å². The molecule has 0 saturated heterocycles. The van der Waals surface area contributed by atoms with Gasteiger partial charge in [0.2, 0.25) is 0 Å². The lowest BCUT2D eigenvalue weighted by Crippen LogP contribution is -2.05. The normalized spacial score (nSPS) is 11.0. The quantitative estimate of drug-likeness (QED) is 0.775. The summed E-state index contributed by atoms with van der Waals surface area (Å²) in [5.74, 6) is 0. The van der Waals surface area contributed by atoms with Crippen LogP contribution in [-0.4, -0.2) is 24.7 Å². The summed E-state index contributed by atoms with van der Waals surface area (Å²) in [5, 5.41) is 5.00. The molecule has 0 aliphatic heterocycles. The fraction of sp³-hybridized carbons (Fsp3) is 0.462. The smallest absolute Gasteiger partial charge is 0.183 e. The zero-order valence-corrected chi connectivity index (χ0v) is 12.0. The fourth-order valence-corrected chi connectivity index (χ4v) is 2.79. The number of hydrogen-bond donors (Lipinski definition) is 1. The van der Waals surface area contributed by atoms with Crippen LogP contribution in [0.3, 0.4) is 0 Å². The molecule has 0 atom stereocenters. The standard InChI is InChI=1S/C13H17ClN2OS/c1-2-8-17-9-4-7-15-13-16-11-6-3-5-10(14)12(11)18-13/h3,5-6H,2,4,7-9H2,1H3,(H,15,16). The summed E-state index contributed by atoms with van der Waals surface area (Å²) in [4.78, 5) is 4.49. The summed E-state index contributed by atoms with van der Waals surface area (Å²) in [7, 11) is 0. The van der Waals surface area contributed by atoms with Crippen molar-refractivity contribution in [2.24, 2.45) is 0 Å². The van der Waals surface area contributed by atoms with Crippen molar-refractivity contribution in [1.82, 2.24) is 4.98 Å². The van der Waals surface area contributed by atoms with Crippen molar-refractivity contribution < 1.29 is 4.74 Å². The molecule has 0 aliphatic carbocycles. The Morgan fingerprint density at radius 3 is 3.06 bits per heavy atom. The number of rotatable bonds is 7. The molecule has 18 heavy (non-hydrogen) atoms. The number of ether oxygens (including phenoxy) is 1. The van der Waals surface area contributed by atoms with E-state index in [-0.39, 0.29) is 0 Å². The van der Waals surface area contributed by atoms with Crippen LogP contribution in [0.5, 0.6) is 0 Å². The van der Waals surface area contributed by atoms with E-state index in [1.165, 1.54) is 0 Å². The first kappa shape index (κ1) is 13.6. The summed E-state index contributed by atoms with van der Waals surface area (Å²) >= 11 is 7.71. The Bertz CT molecular complexity index is 501. The first-order valence-corrected chi connectivity index (χ1v) is 7.37. The van der Waals surface area contributed by atoms with Gasteiger partial charge in [-0.1, -0.05) is 35.9 Å². The summed E-state index contributed by atoms with van der Waals surface area (Å²) < 4.78 is 6.47. The lowest BCUT2D eigenvalue weighted by atomic mass is 10.3. The zero-order valence-electron chi connectivity index (χ0n) is 10.4. The van der Waals surface area contributed by atoms with E-state index in [2.05, 4.69) is 17.2 Å². The maximum absolute atomic E-state index is 6.11. The summed E-state index contributed by atoms with van der Waals surface area (Å²) in [6.45, 7) is 4.63. The van der Waals surface area contributed by atoms with E-state index in [0.29, 0.717) is 0 Å². The number of fused-ring (bicyclic) bond motifs is 1. The van der Waals surface area contributed by atoms with Gasteiger partial charge in [-0.15, -0.1) is 0 Å². The Hall–Kier alpha value is -0.840. The lowest BCUT2D eigenvalue weighted by molar-refractivity contribution is 0.134. The highest BCUT2D eigenvalue weighted by Crippen LogP contribution is 2.31. The van der Waals surface area contributed by atoms with Gasteiger partial charge in [-0.2, -0.15) is 0 Å². The number of anilines is 1. The third kappa shape index (κ3) is 3.57. The van der Waals surface area contributed by atoms with Crippen LogP contribution in [0.1, 0.15) is 19.8 Å². The third-order valence-corrected chi connectivity index (χ3v) is 3.95. The molecule has 5 heteroatoms. The number of benzene rings is 1. The van der Waals surface area contributed by atoms with Crippen LogP contribution in [-0.2, 0) is 4.74 Å². The monoisotopic (exact) mass is 284 g/mol. The van der Waals surface area contributed by atoms with E-state index in [1.807, 2.05) is 18.2 Å². The summed E-state index contributed by atoms with van der Waals surface area (Å²) in [6, 6.07) is 5.80. The molecule has 0 bridgehead atoms. The predicted molar refractivity (Wildman–Crippen MR) is 78.8 cm³/mol. The van der Waals surface area contributed by atoms with Gasteiger partial charge in [0.05, 0.1) is 15.2 Å². The first-order chi connectivity index (χ1) is 8.81. The second kappa shape index (κ2) is 6.92. The topological polar surface area (TPSA) is 34.1 Å². The number of hydrogen-bond acceptors (Lipinski definition) is 4. The maximum Gasteiger partial charge on any atom is 0.183 e. The molecule has 0 fully saturated rings. The SMILES string of the molecule is CCCOCCCNc1nc2cccc(Cl)c2s1. The molecule has 2 rings (SSSR count). The molecular formula is C13H17ClN2OS. The fourth-order valence-electron chi connectivity index (χ4n) is 1.61. The maximum atomic E-state index is 6.11. The Balaban J connectivity index is 1.83. The average molecular weight is 285 g/mol. The zero-order chi connectivity index (χ0) is 12.8. The number of aromatic nitrogens is 1. The highest BCUT2D eigenvalue weighted by Gasteiger charge is 2.05. The van der Waals surface area contributed by atoms with Gasteiger partial charge in [0.1, 0.15) is 0 Å². The minimum atomic E-state index is 0.768. The highest BCUT2D eigenvalue weighted by atomic mass is 35.5. The second-order valence-corrected chi connectivity index (χ2v) is 5.41. The van der Waals surface area contributed by atoms with Crippen molar-refractivity contribution in [3.63, 3.8) is 0 Å². The molecule has 1 aromatic heterocycles. The molecule has 0 amide bonds. The largest absolute Gasteiger partial charge is 0.381 e. The van der Waals surface area contributed by atoms with Crippen molar-refractivity contribution in [3.05, 3.63) is 23.2 Å². The van der Waals surface area contributed by atoms with Crippen LogP contribution in [0, 0.1) is 0 Å². The molecule has 1 heterocycles. The van der Waals surface area contributed by atoms with Crippen LogP contribution >= 0.6 is 22.9 Å². The molecule has 98 valence electrons. The van der Waals surface area contributed by atoms with Crippen molar-refractivity contribution in [2.75, 3.05) is 25.1 Å². The number of halogens is 1. The Morgan fingerprint density at radius 2 is 2.28 bits per heavy atom. The van der Waals surface area contributed by atoms with Crippen LogP contribution in [0.15, 0.2) is 18.2 Å². The van der Waals surface area contributed by atoms with Gasteiger partial charge in [-0.25, -0.2) is 4.98 Å². The van der Waals surface area contributed by atoms with Gasteiger partial charge in [-0.05, 0) is 25.0 Å². The lowest BCUT2D eigenvalue weighted by Gasteiger charge is -2.03. The molecular weight excluding hydrogens is 268 g/mol. The highest BCUT2D eigenvalue weighted by molar-refractivity contribution is 7.22.